The normalized spacial score (nSPS) is 11.5. The van der Waals surface area contributed by atoms with Crippen LogP contribution in [0, 0.1) is 6.92 Å². The van der Waals surface area contributed by atoms with Crippen molar-refractivity contribution in [2.45, 2.75) is 20.1 Å². The van der Waals surface area contributed by atoms with E-state index < -0.39 is 12.3 Å². The van der Waals surface area contributed by atoms with Crippen LogP contribution in [0.1, 0.15) is 12.5 Å². The van der Waals surface area contributed by atoms with Crippen molar-refractivity contribution in [3.8, 4) is 11.5 Å². The summed E-state index contributed by atoms with van der Waals surface area (Å²) in [5.41, 5.74) is 1.02. The molecular formula is C15H17N3O3. The Kier molecular flexibility index (Phi) is 4.61. The van der Waals surface area contributed by atoms with E-state index in [2.05, 4.69) is 15.6 Å². The molecule has 0 bridgehead atoms. The number of aryl methyl sites for hydroxylation is 1. The van der Waals surface area contributed by atoms with E-state index in [0.29, 0.717) is 11.6 Å². The van der Waals surface area contributed by atoms with Gasteiger partial charge >= 0.3 is 6.03 Å². The first kappa shape index (κ1) is 14.6. The number of amides is 2. The number of hydrogen-bond acceptors (Lipinski definition) is 4. The molecule has 1 aromatic carbocycles. The van der Waals surface area contributed by atoms with E-state index in [1.54, 1.807) is 31.3 Å². The van der Waals surface area contributed by atoms with Crippen molar-refractivity contribution in [2.75, 3.05) is 5.32 Å². The zero-order valence-corrected chi connectivity index (χ0v) is 11.8. The number of ether oxygens (including phenoxy) is 1. The first-order chi connectivity index (χ1) is 10.0. The fraction of sp³-hybridized carbons (Fsp3) is 0.200. The van der Waals surface area contributed by atoms with E-state index in [-0.39, 0.29) is 5.75 Å². The number of hydrogen-bond donors (Lipinski definition) is 3. The topological polar surface area (TPSA) is 83.5 Å². The molecule has 1 heterocycles. The van der Waals surface area contributed by atoms with E-state index in [4.69, 9.17) is 4.74 Å². The van der Waals surface area contributed by atoms with Crippen molar-refractivity contribution < 1.29 is 14.6 Å². The number of pyridine rings is 1. The third-order valence-corrected chi connectivity index (χ3v) is 2.64. The van der Waals surface area contributed by atoms with Crippen LogP contribution in [0.5, 0.6) is 11.5 Å². The molecule has 1 unspecified atom stereocenters. The minimum atomic E-state index is -0.528. The molecule has 0 radical (unpaired) electrons. The van der Waals surface area contributed by atoms with Crippen molar-refractivity contribution in [1.29, 1.82) is 0 Å². The van der Waals surface area contributed by atoms with Crippen molar-refractivity contribution in [3.05, 3.63) is 48.2 Å². The molecular weight excluding hydrogens is 270 g/mol. The molecule has 1 atom stereocenters. The standard InChI is InChI=1S/C15H17N3O3/c1-10-3-8-14(16-9-10)18-15(20)17-11(2)21-13-6-4-12(19)5-7-13/h3-9,11,19H,1-2H3,(H2,16,17,18,20). The van der Waals surface area contributed by atoms with Crippen LogP contribution in [0.4, 0.5) is 10.6 Å². The van der Waals surface area contributed by atoms with Crippen LogP contribution in [0.25, 0.3) is 0 Å². The maximum Gasteiger partial charge on any atom is 0.323 e. The maximum atomic E-state index is 11.8. The summed E-state index contributed by atoms with van der Waals surface area (Å²) in [5, 5.41) is 14.4. The number of aromatic nitrogens is 1. The first-order valence-electron chi connectivity index (χ1n) is 6.49. The van der Waals surface area contributed by atoms with Gasteiger partial charge in [-0.1, -0.05) is 6.07 Å². The van der Waals surface area contributed by atoms with Gasteiger partial charge in [-0.05, 0) is 49.7 Å². The Morgan fingerprint density at radius 1 is 1.24 bits per heavy atom. The SMILES string of the molecule is Cc1ccc(NC(=O)NC(C)Oc2ccc(O)cc2)nc1. The fourth-order valence-electron chi connectivity index (χ4n) is 1.64. The van der Waals surface area contributed by atoms with Crippen LogP contribution >= 0.6 is 0 Å². The van der Waals surface area contributed by atoms with Crippen LogP contribution in [0.3, 0.4) is 0 Å². The molecule has 0 spiro atoms. The minimum absolute atomic E-state index is 0.158. The van der Waals surface area contributed by atoms with Crippen LogP contribution in [-0.4, -0.2) is 22.3 Å². The molecule has 0 aliphatic heterocycles. The van der Waals surface area contributed by atoms with Gasteiger partial charge in [0.1, 0.15) is 17.3 Å². The van der Waals surface area contributed by atoms with Crippen molar-refractivity contribution in [2.24, 2.45) is 0 Å². The first-order valence-corrected chi connectivity index (χ1v) is 6.49. The molecule has 6 heteroatoms. The zero-order valence-electron chi connectivity index (χ0n) is 11.8. The van der Waals surface area contributed by atoms with Crippen molar-refractivity contribution in [3.63, 3.8) is 0 Å². The smallest absolute Gasteiger partial charge is 0.323 e. The lowest BCUT2D eigenvalue weighted by molar-refractivity contribution is 0.183. The molecule has 3 N–H and O–H groups in total. The molecule has 0 fully saturated rings. The largest absolute Gasteiger partial charge is 0.508 e. The molecule has 0 saturated carbocycles. The lowest BCUT2D eigenvalue weighted by atomic mass is 10.3. The quantitative estimate of drug-likeness (QED) is 0.755. The molecule has 1 aromatic heterocycles. The summed E-state index contributed by atoms with van der Waals surface area (Å²) in [6, 6.07) is 9.44. The number of carbonyl (C=O) groups is 1. The zero-order chi connectivity index (χ0) is 15.2. The lowest BCUT2D eigenvalue weighted by Gasteiger charge is -2.16. The molecule has 2 rings (SSSR count). The van der Waals surface area contributed by atoms with Crippen LogP contribution in [-0.2, 0) is 0 Å². The Morgan fingerprint density at radius 2 is 1.95 bits per heavy atom. The summed E-state index contributed by atoms with van der Waals surface area (Å²) < 4.78 is 5.49. The Hall–Kier alpha value is -2.76. The van der Waals surface area contributed by atoms with Gasteiger partial charge in [0.25, 0.3) is 0 Å². The molecule has 2 amide bonds. The summed E-state index contributed by atoms with van der Waals surface area (Å²) in [5.74, 6) is 1.18. The van der Waals surface area contributed by atoms with E-state index in [0.717, 1.165) is 5.56 Å². The second kappa shape index (κ2) is 6.60. The monoisotopic (exact) mass is 287 g/mol. The number of benzene rings is 1. The highest BCUT2D eigenvalue weighted by atomic mass is 16.5. The number of nitrogens with one attached hydrogen (secondary N) is 2. The molecule has 0 aliphatic rings. The van der Waals surface area contributed by atoms with Gasteiger partial charge in [0.15, 0.2) is 6.23 Å². The molecule has 2 aromatic rings. The average Bonchev–Trinajstić information content (AvgIpc) is 2.44. The Morgan fingerprint density at radius 3 is 2.57 bits per heavy atom. The van der Waals surface area contributed by atoms with Gasteiger partial charge in [0.05, 0.1) is 0 Å². The number of phenolic OH excluding ortho intramolecular Hbond substituents is 1. The van der Waals surface area contributed by atoms with E-state index in [1.165, 1.54) is 12.1 Å². The summed E-state index contributed by atoms with van der Waals surface area (Å²) in [7, 11) is 0. The molecule has 110 valence electrons. The van der Waals surface area contributed by atoms with E-state index in [9.17, 15) is 9.90 Å². The summed E-state index contributed by atoms with van der Waals surface area (Å²) >= 11 is 0. The summed E-state index contributed by atoms with van der Waals surface area (Å²) in [4.78, 5) is 15.8. The minimum Gasteiger partial charge on any atom is -0.508 e. The maximum absolute atomic E-state index is 11.8. The Labute approximate surface area is 122 Å². The second-order valence-electron chi connectivity index (χ2n) is 4.57. The highest BCUT2D eigenvalue weighted by Gasteiger charge is 2.09. The van der Waals surface area contributed by atoms with Crippen LogP contribution < -0.4 is 15.4 Å². The van der Waals surface area contributed by atoms with Crippen molar-refractivity contribution >= 4 is 11.8 Å². The van der Waals surface area contributed by atoms with Gasteiger partial charge in [-0.15, -0.1) is 0 Å². The number of rotatable bonds is 4. The number of carbonyl (C=O) groups excluding carboxylic acids is 1. The molecule has 0 aliphatic carbocycles. The lowest BCUT2D eigenvalue weighted by Crippen LogP contribution is -2.39. The van der Waals surface area contributed by atoms with Gasteiger partial charge in [-0.2, -0.15) is 0 Å². The fourth-order valence-corrected chi connectivity index (χ4v) is 1.64. The van der Waals surface area contributed by atoms with E-state index in [1.807, 2.05) is 13.0 Å². The highest BCUT2D eigenvalue weighted by Crippen LogP contribution is 2.16. The van der Waals surface area contributed by atoms with Gasteiger partial charge in [-0.3, -0.25) is 5.32 Å². The molecule has 21 heavy (non-hydrogen) atoms. The molecule has 6 nitrogen and oxygen atoms in total. The number of aromatic hydroxyl groups is 1. The predicted molar refractivity (Wildman–Crippen MR) is 79.3 cm³/mol. The highest BCUT2D eigenvalue weighted by molar-refractivity contribution is 5.88. The van der Waals surface area contributed by atoms with Gasteiger partial charge < -0.3 is 15.2 Å². The Bertz CT molecular complexity index is 597. The number of urea groups is 1. The van der Waals surface area contributed by atoms with Gasteiger partial charge in [0.2, 0.25) is 0 Å². The average molecular weight is 287 g/mol. The number of anilines is 1. The third-order valence-electron chi connectivity index (χ3n) is 2.64. The van der Waals surface area contributed by atoms with Crippen LogP contribution in [0.15, 0.2) is 42.6 Å². The van der Waals surface area contributed by atoms with Gasteiger partial charge in [0, 0.05) is 6.20 Å². The number of phenols is 1. The predicted octanol–water partition coefficient (Wildman–Crippen LogP) is 2.64. The molecule has 0 saturated heterocycles. The summed E-state index contributed by atoms with van der Waals surface area (Å²) in [6.07, 6.45) is 1.14. The van der Waals surface area contributed by atoms with Crippen molar-refractivity contribution in [1.82, 2.24) is 10.3 Å². The van der Waals surface area contributed by atoms with E-state index >= 15 is 0 Å². The Balaban J connectivity index is 1.84. The van der Waals surface area contributed by atoms with Gasteiger partial charge in [-0.25, -0.2) is 9.78 Å². The number of nitrogens with zero attached hydrogens (tertiary/aromatic N) is 1. The third kappa shape index (κ3) is 4.68. The van der Waals surface area contributed by atoms with Crippen LogP contribution in [0.2, 0.25) is 0 Å². The summed E-state index contributed by atoms with van der Waals surface area (Å²) in [6.45, 7) is 3.62. The second-order valence-corrected chi connectivity index (χ2v) is 4.57.